The normalized spacial score (nSPS) is 15.2. The van der Waals surface area contributed by atoms with Crippen LogP contribution in [0.5, 0.6) is 0 Å². The van der Waals surface area contributed by atoms with Crippen LogP contribution in [0.1, 0.15) is 102 Å². The zero-order chi connectivity index (χ0) is 40.9. The Morgan fingerprint density at radius 1 is 0.862 bits per heavy atom. The topological polar surface area (TPSA) is 206 Å². The molecule has 16 heteroatoms. The predicted molar refractivity (Wildman–Crippen MR) is 225 cm³/mol. The predicted octanol–water partition coefficient (Wildman–Crippen LogP) is 7.02. The van der Waals surface area contributed by atoms with Gasteiger partial charge < -0.3 is 35.1 Å². The maximum absolute atomic E-state index is 12.1. The van der Waals surface area contributed by atoms with E-state index in [0.717, 1.165) is 42.3 Å². The van der Waals surface area contributed by atoms with Crippen LogP contribution in [-0.2, 0) is 31.9 Å². The van der Waals surface area contributed by atoms with Crippen molar-refractivity contribution >= 4 is 35.8 Å². The standard InChI is InChI=1S/C25H26N4S.C11H20N2O3.C6H12N2O3.H2O/c1-2-5-18(6-3-1)25-27-14-21(29-25)16-9-11-17(12-10-16)23-19-7-4-8-20(19)24(30-23)22-13-26-15-28-22;1-8(2)9(12-11(15)16-3)10(14)13-6-4-5-7-13;1-5(2)8(4-9)7-6(10)11-3;/h9-15,18H,1-8H2,(H,26,28)(H,27,29);8-9H,4-7H2,1-3H3,(H,12,15);4-5H,1-3H3,(H,7,10);1H2. The summed E-state index contributed by atoms with van der Waals surface area (Å²) in [4.78, 5) is 64.5. The average Bonchev–Trinajstić information content (AvgIpc) is 4.09. The lowest BCUT2D eigenvalue weighted by Crippen LogP contribution is -2.50. The molecule has 4 amide bonds. The Labute approximate surface area is 345 Å². The number of carbonyl (C=O) groups is 4. The van der Waals surface area contributed by atoms with Gasteiger partial charge in [-0.1, -0.05) is 57.4 Å². The monoisotopic (exact) mass is 820 g/mol. The molecule has 1 saturated carbocycles. The number of aromatic amines is 2. The maximum Gasteiger partial charge on any atom is 0.425 e. The molecule has 2 aliphatic carbocycles. The minimum absolute atomic E-state index is 0. The molecule has 0 radical (unpaired) electrons. The van der Waals surface area contributed by atoms with E-state index in [1.54, 1.807) is 30.6 Å². The van der Waals surface area contributed by atoms with Crippen molar-refractivity contribution in [2.45, 2.75) is 110 Å². The van der Waals surface area contributed by atoms with E-state index in [0.29, 0.717) is 12.3 Å². The number of hydrazine groups is 1. The summed E-state index contributed by atoms with van der Waals surface area (Å²) in [7, 11) is 2.53. The minimum atomic E-state index is -0.647. The first kappa shape index (κ1) is 45.5. The highest BCUT2D eigenvalue weighted by atomic mass is 32.1. The molecule has 0 spiro atoms. The summed E-state index contributed by atoms with van der Waals surface area (Å²) in [6.45, 7) is 8.95. The van der Waals surface area contributed by atoms with E-state index < -0.39 is 18.2 Å². The number of methoxy groups -OCH3 is 2. The molecule has 316 valence electrons. The van der Waals surface area contributed by atoms with E-state index in [-0.39, 0.29) is 23.3 Å². The number of nitrogens with one attached hydrogen (secondary N) is 4. The summed E-state index contributed by atoms with van der Waals surface area (Å²) in [5.74, 6) is 1.85. The number of fused-ring (bicyclic) bond motifs is 1. The SMILES string of the molecule is COC(=O)NC(C(=O)N1CCCC1)C(C)C.COC(=O)NN(C=O)C(C)C.O.c1ncc(-c2sc(-c3ccc(-c4cnc(C5CCCCC5)[nH]4)cc3)c3c2CCC3)[nH]1. The molecule has 6 N–H and O–H groups in total. The van der Waals surface area contributed by atoms with Gasteiger partial charge in [0.1, 0.15) is 11.9 Å². The summed E-state index contributed by atoms with van der Waals surface area (Å²) in [6, 6.07) is 8.47. The van der Waals surface area contributed by atoms with E-state index in [4.69, 9.17) is 4.98 Å². The first-order chi connectivity index (χ1) is 27.5. The van der Waals surface area contributed by atoms with Gasteiger partial charge in [-0.2, -0.15) is 0 Å². The highest BCUT2D eigenvalue weighted by Crippen LogP contribution is 2.46. The summed E-state index contributed by atoms with van der Waals surface area (Å²) in [5.41, 5.74) is 10.1. The van der Waals surface area contributed by atoms with Gasteiger partial charge in [-0.25, -0.2) is 25.0 Å². The number of alkyl carbamates (subject to hydrolysis) is 1. The van der Waals surface area contributed by atoms with Crippen LogP contribution in [-0.4, -0.2) is 99.2 Å². The number of ether oxygens (including phenoxy) is 2. The van der Waals surface area contributed by atoms with E-state index in [1.165, 1.54) is 97.9 Å². The first-order valence-electron chi connectivity index (χ1n) is 20.0. The first-order valence-corrected chi connectivity index (χ1v) is 20.9. The van der Waals surface area contributed by atoms with Gasteiger partial charge in [0.15, 0.2) is 0 Å². The summed E-state index contributed by atoms with van der Waals surface area (Å²) < 4.78 is 8.80. The van der Waals surface area contributed by atoms with Crippen molar-refractivity contribution in [1.29, 1.82) is 0 Å². The zero-order valence-electron chi connectivity index (χ0n) is 34.6. The lowest BCUT2D eigenvalue weighted by molar-refractivity contribution is -0.133. The van der Waals surface area contributed by atoms with Crippen molar-refractivity contribution in [2.24, 2.45) is 5.92 Å². The van der Waals surface area contributed by atoms with E-state index in [1.807, 2.05) is 37.6 Å². The molecule has 4 heterocycles. The molecule has 4 aromatic rings. The number of benzene rings is 1. The van der Waals surface area contributed by atoms with Gasteiger partial charge >= 0.3 is 12.2 Å². The summed E-state index contributed by atoms with van der Waals surface area (Å²) >= 11 is 1.91. The molecule has 58 heavy (non-hydrogen) atoms. The molecule has 1 aromatic carbocycles. The smallest absolute Gasteiger partial charge is 0.425 e. The molecule has 1 saturated heterocycles. The fourth-order valence-corrected chi connectivity index (χ4v) is 8.81. The molecule has 3 aromatic heterocycles. The van der Waals surface area contributed by atoms with E-state index >= 15 is 0 Å². The number of likely N-dealkylation sites (tertiary alicyclic amines) is 1. The number of hydrogen-bond acceptors (Lipinski definition) is 9. The molecule has 3 aliphatic rings. The van der Waals surface area contributed by atoms with Crippen molar-refractivity contribution in [3.05, 3.63) is 59.9 Å². The molecule has 2 fully saturated rings. The third-order valence-electron chi connectivity index (χ3n) is 10.6. The van der Waals surface area contributed by atoms with Crippen LogP contribution >= 0.6 is 11.3 Å². The Bertz CT molecular complexity index is 1900. The Hall–Kier alpha value is -5.22. The summed E-state index contributed by atoms with van der Waals surface area (Å²) in [5, 5.41) is 3.71. The zero-order valence-corrected chi connectivity index (χ0v) is 35.4. The third kappa shape index (κ3) is 11.7. The van der Waals surface area contributed by atoms with Crippen molar-refractivity contribution in [2.75, 3.05) is 27.3 Å². The molecular formula is C42H60N8O7S. The molecule has 0 bridgehead atoms. The maximum atomic E-state index is 12.1. The Morgan fingerprint density at radius 3 is 2.07 bits per heavy atom. The Balaban J connectivity index is 0.000000225. The quantitative estimate of drug-likeness (QED) is 0.0964. The van der Waals surface area contributed by atoms with Gasteiger partial charge in [-0.3, -0.25) is 14.6 Å². The van der Waals surface area contributed by atoms with Crippen molar-refractivity contribution in [3.8, 4) is 32.3 Å². The molecule has 1 atom stereocenters. The van der Waals surface area contributed by atoms with Crippen molar-refractivity contribution < 1.29 is 34.1 Å². The number of thiophene rings is 1. The van der Waals surface area contributed by atoms with E-state index in [2.05, 4.69) is 59.4 Å². The lowest BCUT2D eigenvalue weighted by Gasteiger charge is -2.26. The van der Waals surface area contributed by atoms with Crippen LogP contribution in [0.4, 0.5) is 9.59 Å². The second kappa shape index (κ2) is 22.1. The van der Waals surface area contributed by atoms with Crippen LogP contribution in [0, 0.1) is 5.92 Å². The molecular weight excluding hydrogens is 761 g/mol. The molecule has 7 rings (SSSR count). The molecule has 15 nitrogen and oxygen atoms in total. The van der Waals surface area contributed by atoms with Crippen LogP contribution in [0.25, 0.3) is 32.3 Å². The van der Waals surface area contributed by atoms with Crippen LogP contribution < -0.4 is 10.7 Å². The minimum Gasteiger partial charge on any atom is -0.453 e. The highest BCUT2D eigenvalue weighted by Gasteiger charge is 2.30. The number of H-pyrrole nitrogens is 2. The van der Waals surface area contributed by atoms with Gasteiger partial charge in [0.05, 0.1) is 49.2 Å². The fraction of sp³-hybridized carbons (Fsp3) is 0.524. The number of imidazole rings is 2. The van der Waals surface area contributed by atoms with Gasteiger partial charge in [-0.05, 0) is 87.0 Å². The number of aromatic nitrogens is 4. The van der Waals surface area contributed by atoms with Crippen molar-refractivity contribution in [1.82, 2.24) is 40.6 Å². The largest absolute Gasteiger partial charge is 0.453 e. The van der Waals surface area contributed by atoms with Crippen molar-refractivity contribution in [3.63, 3.8) is 0 Å². The highest BCUT2D eigenvalue weighted by molar-refractivity contribution is 7.19. The second-order valence-electron chi connectivity index (χ2n) is 15.2. The average molecular weight is 821 g/mol. The number of rotatable bonds is 10. The second-order valence-corrected chi connectivity index (χ2v) is 16.3. The van der Waals surface area contributed by atoms with Gasteiger partial charge in [0.25, 0.3) is 0 Å². The van der Waals surface area contributed by atoms with Crippen LogP contribution in [0.2, 0.25) is 0 Å². The fourth-order valence-electron chi connectivity index (χ4n) is 7.43. The number of carbonyl (C=O) groups excluding carboxylic acids is 4. The summed E-state index contributed by atoms with van der Waals surface area (Å²) in [6.07, 6.45) is 17.4. The third-order valence-corrected chi connectivity index (χ3v) is 12.0. The van der Waals surface area contributed by atoms with E-state index in [9.17, 15) is 19.2 Å². The van der Waals surface area contributed by atoms with Crippen LogP contribution in [0.15, 0.2) is 43.0 Å². The molecule has 1 unspecified atom stereocenters. The molecule has 1 aliphatic heterocycles. The van der Waals surface area contributed by atoms with Gasteiger partial charge in [0, 0.05) is 29.9 Å². The number of amides is 4. The number of hydrogen-bond donors (Lipinski definition) is 4. The van der Waals surface area contributed by atoms with Gasteiger partial charge in [0.2, 0.25) is 12.3 Å². The Kier molecular flexibility index (Phi) is 17.3. The van der Waals surface area contributed by atoms with Crippen LogP contribution in [0.3, 0.4) is 0 Å². The lowest BCUT2D eigenvalue weighted by atomic mass is 9.89. The Morgan fingerprint density at radius 2 is 1.50 bits per heavy atom. The number of nitrogens with zero attached hydrogens (tertiary/aromatic N) is 4. The van der Waals surface area contributed by atoms with Gasteiger partial charge in [-0.15, -0.1) is 11.3 Å².